The molecule has 24 heavy (non-hydrogen) atoms. The first-order chi connectivity index (χ1) is 11.7. The molecule has 1 aromatic rings. The van der Waals surface area contributed by atoms with Crippen LogP contribution in [0.4, 0.5) is 8.78 Å². The number of benzene rings is 1. The minimum Gasteiger partial charge on any atom is -0.374 e. The highest BCUT2D eigenvalue weighted by Crippen LogP contribution is 2.30. The lowest BCUT2D eigenvalue weighted by Crippen LogP contribution is -2.21. The molecule has 0 saturated heterocycles. The minimum atomic E-state index is -0.823. The molecule has 0 aliphatic heterocycles. The zero-order valence-corrected chi connectivity index (χ0v) is 13.8. The predicted octanol–water partition coefficient (Wildman–Crippen LogP) is 5.46. The molecular weight excluding hydrogens is 308 g/mol. The number of hydrogen-bond acceptors (Lipinski definition) is 2. The molecule has 2 nitrogen and oxygen atoms in total. The Morgan fingerprint density at radius 3 is 2.62 bits per heavy atom. The first-order valence-electron chi connectivity index (χ1n) is 8.46. The van der Waals surface area contributed by atoms with Crippen molar-refractivity contribution in [1.29, 1.82) is 5.26 Å². The quantitative estimate of drug-likeness (QED) is 0.491. The van der Waals surface area contributed by atoms with Gasteiger partial charge in [0.25, 0.3) is 0 Å². The predicted molar refractivity (Wildman–Crippen MR) is 90.0 cm³/mol. The van der Waals surface area contributed by atoms with Crippen LogP contribution in [0.15, 0.2) is 42.5 Å². The topological polar surface area (TPSA) is 33.0 Å². The maximum Gasteiger partial charge on any atom is 0.159 e. The molecule has 0 radical (unpaired) electrons. The fourth-order valence-corrected chi connectivity index (χ4v) is 3.04. The van der Waals surface area contributed by atoms with Crippen LogP contribution < -0.4 is 0 Å². The summed E-state index contributed by atoms with van der Waals surface area (Å²) in [4.78, 5) is 0. The van der Waals surface area contributed by atoms with Crippen molar-refractivity contribution in [3.8, 4) is 6.07 Å². The number of hydrogen-bond donors (Lipinski definition) is 0. The summed E-state index contributed by atoms with van der Waals surface area (Å²) in [6.07, 6.45) is 14.0. The van der Waals surface area contributed by atoms with E-state index in [0.29, 0.717) is 12.2 Å². The third kappa shape index (κ3) is 6.25. The molecule has 2 rings (SSSR count). The van der Waals surface area contributed by atoms with E-state index in [1.165, 1.54) is 12.1 Å². The van der Waals surface area contributed by atoms with E-state index in [-0.39, 0.29) is 6.10 Å². The van der Waals surface area contributed by atoms with E-state index in [1.54, 1.807) is 12.1 Å². The molecule has 1 aromatic carbocycles. The van der Waals surface area contributed by atoms with Crippen LogP contribution in [0, 0.1) is 28.9 Å². The summed E-state index contributed by atoms with van der Waals surface area (Å²) in [5.74, 6) is -0.924. The largest absolute Gasteiger partial charge is 0.374 e. The molecule has 0 unspecified atom stereocenters. The van der Waals surface area contributed by atoms with Crippen LogP contribution in [0.5, 0.6) is 0 Å². The minimum absolute atomic E-state index is 0.212. The molecule has 128 valence electrons. The third-order valence-corrected chi connectivity index (χ3v) is 4.42. The van der Waals surface area contributed by atoms with Crippen molar-refractivity contribution in [3.05, 3.63) is 59.7 Å². The molecule has 0 aromatic heterocycles. The van der Waals surface area contributed by atoms with Crippen molar-refractivity contribution < 1.29 is 13.5 Å². The zero-order valence-electron chi connectivity index (χ0n) is 13.8. The molecule has 0 N–H and O–H groups in total. The molecule has 0 bridgehead atoms. The lowest BCUT2D eigenvalue weighted by atomic mass is 9.84. The monoisotopic (exact) mass is 331 g/mol. The first kappa shape index (κ1) is 18.4. The second-order valence-corrected chi connectivity index (χ2v) is 6.20. The fourth-order valence-electron chi connectivity index (χ4n) is 3.04. The average Bonchev–Trinajstić information content (AvgIpc) is 2.60. The SMILES string of the molecule is N#CC=CC=CCCC1CCC(OCc2ccc(F)c(F)c2)CC1. The summed E-state index contributed by atoms with van der Waals surface area (Å²) < 4.78 is 31.9. The van der Waals surface area contributed by atoms with Gasteiger partial charge >= 0.3 is 0 Å². The van der Waals surface area contributed by atoms with Crippen LogP contribution in [0.2, 0.25) is 0 Å². The smallest absolute Gasteiger partial charge is 0.159 e. The second kappa shape index (κ2) is 10.00. The van der Waals surface area contributed by atoms with Gasteiger partial charge in [-0.1, -0.05) is 24.3 Å². The number of nitrogens with zero attached hydrogens (tertiary/aromatic N) is 1. The summed E-state index contributed by atoms with van der Waals surface area (Å²) in [6, 6.07) is 5.87. The van der Waals surface area contributed by atoms with Gasteiger partial charge in [0, 0.05) is 6.08 Å². The van der Waals surface area contributed by atoms with Gasteiger partial charge in [-0.2, -0.15) is 5.26 Å². The molecule has 1 saturated carbocycles. The van der Waals surface area contributed by atoms with Crippen LogP contribution in [0.25, 0.3) is 0 Å². The van der Waals surface area contributed by atoms with Crippen molar-refractivity contribution in [2.24, 2.45) is 5.92 Å². The van der Waals surface area contributed by atoms with Crippen LogP contribution >= 0.6 is 0 Å². The van der Waals surface area contributed by atoms with Gasteiger partial charge in [-0.05, 0) is 62.1 Å². The number of halogens is 2. The van der Waals surface area contributed by atoms with E-state index in [2.05, 4.69) is 6.08 Å². The zero-order chi connectivity index (χ0) is 17.2. The number of rotatable bonds is 7. The van der Waals surface area contributed by atoms with Crippen molar-refractivity contribution >= 4 is 0 Å². The summed E-state index contributed by atoms with van der Waals surface area (Å²) in [7, 11) is 0. The van der Waals surface area contributed by atoms with Gasteiger partial charge in [0.15, 0.2) is 11.6 Å². The van der Waals surface area contributed by atoms with Gasteiger partial charge in [-0.25, -0.2) is 8.78 Å². The van der Waals surface area contributed by atoms with E-state index < -0.39 is 11.6 Å². The van der Waals surface area contributed by atoms with Crippen LogP contribution in [-0.4, -0.2) is 6.10 Å². The normalized spacial score (nSPS) is 21.4. The Balaban J connectivity index is 1.64. The van der Waals surface area contributed by atoms with Crippen molar-refractivity contribution in [2.45, 2.75) is 51.2 Å². The summed E-state index contributed by atoms with van der Waals surface area (Å²) in [5.41, 5.74) is 0.673. The summed E-state index contributed by atoms with van der Waals surface area (Å²) in [5, 5.41) is 8.38. The van der Waals surface area contributed by atoms with E-state index >= 15 is 0 Å². The van der Waals surface area contributed by atoms with Gasteiger partial charge in [-0.3, -0.25) is 0 Å². The highest BCUT2D eigenvalue weighted by Gasteiger charge is 2.21. The molecular formula is C20H23F2NO. The van der Waals surface area contributed by atoms with Crippen molar-refractivity contribution in [1.82, 2.24) is 0 Å². The van der Waals surface area contributed by atoms with Crippen molar-refractivity contribution in [3.63, 3.8) is 0 Å². The standard InChI is InChI=1S/C20H23F2NO/c21-19-12-9-17(14-20(19)22)15-24-18-10-7-16(8-11-18)6-4-2-1-3-5-13-23/h1-3,5,9,12,14,16,18H,4,6-8,10-11,15H2. The number of nitriles is 1. The molecule has 1 aliphatic rings. The average molecular weight is 331 g/mol. The summed E-state index contributed by atoms with van der Waals surface area (Å²) >= 11 is 0. The van der Waals surface area contributed by atoms with Crippen LogP contribution in [0.3, 0.4) is 0 Å². The Bertz CT molecular complexity index is 611. The maximum absolute atomic E-state index is 13.2. The van der Waals surface area contributed by atoms with E-state index in [0.717, 1.165) is 50.5 Å². The molecule has 0 heterocycles. The highest BCUT2D eigenvalue weighted by atomic mass is 19.2. The Kier molecular flexibility index (Phi) is 7.64. The highest BCUT2D eigenvalue weighted by molar-refractivity contribution is 5.17. The van der Waals surface area contributed by atoms with Gasteiger partial charge < -0.3 is 4.74 Å². The van der Waals surface area contributed by atoms with Crippen LogP contribution in [0.1, 0.15) is 44.1 Å². The molecule has 1 aliphatic carbocycles. The van der Waals surface area contributed by atoms with E-state index in [9.17, 15) is 8.78 Å². The molecule has 1 fully saturated rings. The van der Waals surface area contributed by atoms with Gasteiger partial charge in [0.1, 0.15) is 0 Å². The molecule has 0 spiro atoms. The molecule has 0 amide bonds. The van der Waals surface area contributed by atoms with Crippen LogP contribution in [-0.2, 0) is 11.3 Å². The molecule has 0 atom stereocenters. The summed E-state index contributed by atoms with van der Waals surface area (Å²) in [6.45, 7) is 0.334. The van der Waals surface area contributed by atoms with Gasteiger partial charge in [0.05, 0.1) is 18.8 Å². The maximum atomic E-state index is 13.2. The molecule has 4 heteroatoms. The second-order valence-electron chi connectivity index (χ2n) is 6.20. The van der Waals surface area contributed by atoms with E-state index in [1.807, 2.05) is 12.1 Å². The third-order valence-electron chi connectivity index (χ3n) is 4.42. The lowest BCUT2D eigenvalue weighted by Gasteiger charge is -2.28. The number of allylic oxidation sites excluding steroid dienone is 4. The Morgan fingerprint density at radius 1 is 1.12 bits per heavy atom. The first-order valence-corrected chi connectivity index (χ1v) is 8.46. The Labute approximate surface area is 142 Å². The van der Waals surface area contributed by atoms with Gasteiger partial charge in [0.2, 0.25) is 0 Å². The number of ether oxygens (including phenoxy) is 1. The Morgan fingerprint density at radius 2 is 1.92 bits per heavy atom. The van der Waals surface area contributed by atoms with Crippen molar-refractivity contribution in [2.75, 3.05) is 0 Å². The van der Waals surface area contributed by atoms with E-state index in [4.69, 9.17) is 10.00 Å². The fraction of sp³-hybridized carbons (Fsp3) is 0.450. The lowest BCUT2D eigenvalue weighted by molar-refractivity contribution is 0.00634. The van der Waals surface area contributed by atoms with Gasteiger partial charge in [-0.15, -0.1) is 0 Å². The Hall–Kier alpha value is -1.99.